The topological polar surface area (TPSA) is 106 Å². The number of alkyl halides is 1. The summed E-state index contributed by atoms with van der Waals surface area (Å²) in [6, 6.07) is 27.3. The standard InChI is InChI=1S/C16H15ClO2S.C16H16O3S.Cl2OS/c2*17-16-8-4-5-12-11-14(9-10-15(12)16)20(18,19)13-6-2-1-3-7-13;1-4(2)3/h1-3,6-7,9-11,16H,4-5,8H2;1-3,6-7,9-11,16-17H,4-5,8H2;. The third-order valence-electron chi connectivity index (χ3n) is 7.48. The van der Waals surface area contributed by atoms with Crippen molar-refractivity contribution in [2.45, 2.75) is 69.6 Å². The van der Waals surface area contributed by atoms with E-state index in [1.165, 1.54) is 0 Å². The number of fused-ring (bicyclic) bond motifs is 2. The van der Waals surface area contributed by atoms with Gasteiger partial charge >= 0.3 is 0 Å². The van der Waals surface area contributed by atoms with E-state index < -0.39 is 35.0 Å². The Morgan fingerprint density at radius 2 is 1.02 bits per heavy atom. The molecule has 0 heterocycles. The second kappa shape index (κ2) is 15.4. The average molecular weight is 714 g/mol. The second-order valence-corrected chi connectivity index (χ2v) is 17.3. The summed E-state index contributed by atoms with van der Waals surface area (Å²) in [6.07, 6.45) is 4.87. The minimum absolute atomic E-state index is 0.00669. The highest BCUT2D eigenvalue weighted by atomic mass is 36.0. The smallest absolute Gasteiger partial charge is 0.211 e. The van der Waals surface area contributed by atoms with Crippen molar-refractivity contribution in [3.05, 3.63) is 119 Å². The van der Waals surface area contributed by atoms with Crippen LogP contribution in [-0.2, 0) is 41.7 Å². The normalized spacial score (nSPS) is 17.7. The van der Waals surface area contributed by atoms with Crippen LogP contribution in [0.2, 0.25) is 0 Å². The first kappa shape index (κ1) is 34.6. The molecule has 1 N–H and O–H groups in total. The third kappa shape index (κ3) is 8.51. The highest BCUT2D eigenvalue weighted by molar-refractivity contribution is 8.26. The van der Waals surface area contributed by atoms with E-state index in [1.54, 1.807) is 84.9 Å². The van der Waals surface area contributed by atoms with Crippen LogP contribution in [0.3, 0.4) is 0 Å². The van der Waals surface area contributed by atoms with Gasteiger partial charge < -0.3 is 5.11 Å². The molecule has 2 aliphatic rings. The van der Waals surface area contributed by atoms with Crippen LogP contribution in [0.1, 0.15) is 59.4 Å². The zero-order valence-corrected chi connectivity index (χ0v) is 28.2. The van der Waals surface area contributed by atoms with Crippen LogP contribution < -0.4 is 0 Å². The molecule has 2 atom stereocenters. The Morgan fingerprint density at radius 1 is 0.614 bits per heavy atom. The SMILES string of the molecule is O=S(=O)(c1ccccc1)c1ccc2c(c1)CCCC2Cl.O=S(=O)(c1ccccc1)c1ccc2c(c1)CCCC2O.O=S(Cl)Cl. The maximum Gasteiger partial charge on any atom is 0.211 e. The molecule has 0 saturated heterocycles. The van der Waals surface area contributed by atoms with Crippen LogP contribution in [0.5, 0.6) is 0 Å². The molecule has 234 valence electrons. The Balaban J connectivity index is 0.000000179. The highest BCUT2D eigenvalue weighted by Crippen LogP contribution is 2.36. The van der Waals surface area contributed by atoms with Crippen molar-refractivity contribution < 1.29 is 26.2 Å². The molecule has 6 nitrogen and oxygen atoms in total. The van der Waals surface area contributed by atoms with Crippen LogP contribution in [0.25, 0.3) is 0 Å². The molecule has 4 aromatic rings. The van der Waals surface area contributed by atoms with Crippen LogP contribution in [-0.4, -0.2) is 26.2 Å². The number of hydrogen-bond acceptors (Lipinski definition) is 6. The van der Waals surface area contributed by atoms with E-state index in [4.69, 9.17) is 15.8 Å². The van der Waals surface area contributed by atoms with E-state index in [0.717, 1.165) is 60.8 Å². The maximum absolute atomic E-state index is 12.6. The molecule has 0 amide bonds. The molecule has 0 saturated carbocycles. The molecule has 6 rings (SSSR count). The molecule has 0 fully saturated rings. The average Bonchev–Trinajstić information content (AvgIpc) is 3.02. The molecule has 0 bridgehead atoms. The van der Waals surface area contributed by atoms with E-state index in [2.05, 4.69) is 21.4 Å². The summed E-state index contributed by atoms with van der Waals surface area (Å²) in [5, 5.41) is 9.93. The first-order valence-corrected chi connectivity index (χ1v) is 20.0. The van der Waals surface area contributed by atoms with Gasteiger partial charge in [-0.3, -0.25) is 0 Å². The quantitative estimate of drug-likeness (QED) is 0.169. The minimum Gasteiger partial charge on any atom is -0.388 e. The molecule has 0 aromatic heterocycles. The number of hydrogen-bond donors (Lipinski definition) is 1. The van der Waals surface area contributed by atoms with Gasteiger partial charge in [-0.2, -0.15) is 0 Å². The number of aliphatic hydroxyl groups is 1. The Hall–Kier alpha value is -2.24. The highest BCUT2D eigenvalue weighted by Gasteiger charge is 2.24. The lowest BCUT2D eigenvalue weighted by molar-refractivity contribution is 0.156. The molecule has 4 aromatic carbocycles. The largest absolute Gasteiger partial charge is 0.388 e. The van der Waals surface area contributed by atoms with E-state index in [-0.39, 0.29) is 5.38 Å². The van der Waals surface area contributed by atoms with Gasteiger partial charge in [0.25, 0.3) is 0 Å². The zero-order chi connectivity index (χ0) is 31.9. The van der Waals surface area contributed by atoms with Crippen molar-refractivity contribution in [3.8, 4) is 0 Å². The lowest BCUT2D eigenvalue weighted by atomic mass is 9.90. The minimum atomic E-state index is -3.47. The summed E-state index contributed by atoms with van der Waals surface area (Å²) in [5.74, 6) is 0. The van der Waals surface area contributed by atoms with Gasteiger partial charge in [0.15, 0.2) is 0 Å². The fourth-order valence-corrected chi connectivity index (χ4v) is 8.33. The van der Waals surface area contributed by atoms with Gasteiger partial charge in [-0.25, -0.2) is 21.0 Å². The maximum atomic E-state index is 12.6. The van der Waals surface area contributed by atoms with Crippen molar-refractivity contribution in [1.82, 2.24) is 0 Å². The molecule has 2 unspecified atom stereocenters. The Kier molecular flexibility index (Phi) is 12.1. The summed E-state index contributed by atoms with van der Waals surface area (Å²) in [5.41, 5.74) is 3.95. The van der Waals surface area contributed by atoms with Crippen LogP contribution in [0.15, 0.2) is 117 Å². The molecule has 0 radical (unpaired) electrons. The first-order valence-electron chi connectivity index (χ1n) is 13.8. The van der Waals surface area contributed by atoms with Gasteiger partial charge in [0.2, 0.25) is 28.9 Å². The molecule has 12 heteroatoms. The lowest BCUT2D eigenvalue weighted by Crippen LogP contribution is -2.11. The van der Waals surface area contributed by atoms with Gasteiger partial charge in [0.1, 0.15) is 0 Å². The summed E-state index contributed by atoms with van der Waals surface area (Å²) in [4.78, 5) is 1.29. The second-order valence-electron chi connectivity index (χ2n) is 10.3. The van der Waals surface area contributed by atoms with E-state index in [9.17, 15) is 21.9 Å². The van der Waals surface area contributed by atoms with Crippen LogP contribution in [0.4, 0.5) is 0 Å². The fourth-order valence-electron chi connectivity index (χ4n) is 5.30. The Bertz CT molecular complexity index is 1680. The number of rotatable bonds is 4. The van der Waals surface area contributed by atoms with Crippen molar-refractivity contribution >= 4 is 61.9 Å². The van der Waals surface area contributed by atoms with E-state index in [1.807, 2.05) is 12.1 Å². The van der Waals surface area contributed by atoms with Crippen molar-refractivity contribution in [3.63, 3.8) is 0 Å². The fraction of sp³-hybridized carbons (Fsp3) is 0.250. The van der Waals surface area contributed by atoms with Gasteiger partial charge in [-0.1, -0.05) is 48.5 Å². The summed E-state index contributed by atoms with van der Waals surface area (Å²) < 4.78 is 59.3. The molecule has 44 heavy (non-hydrogen) atoms. The number of sulfone groups is 2. The summed E-state index contributed by atoms with van der Waals surface area (Å²) in [7, 11) is 0.453. The third-order valence-corrected chi connectivity index (χ3v) is 11.5. The van der Waals surface area contributed by atoms with Crippen LogP contribution >= 0.6 is 33.0 Å². The molecular weight excluding hydrogens is 683 g/mol. The van der Waals surface area contributed by atoms with E-state index in [0.29, 0.717) is 19.6 Å². The number of benzene rings is 4. The van der Waals surface area contributed by atoms with Crippen LogP contribution in [0, 0.1) is 0 Å². The number of halogens is 3. The van der Waals surface area contributed by atoms with Gasteiger partial charge in [-0.15, -0.1) is 11.6 Å². The summed E-state index contributed by atoms with van der Waals surface area (Å²) in [6.45, 7) is 0. The monoisotopic (exact) mass is 712 g/mol. The molecule has 2 aliphatic carbocycles. The van der Waals surface area contributed by atoms with Gasteiger partial charge in [0.05, 0.1) is 31.1 Å². The number of aryl methyl sites for hydroxylation is 2. The van der Waals surface area contributed by atoms with E-state index >= 15 is 0 Å². The van der Waals surface area contributed by atoms with Crippen molar-refractivity contribution in [2.24, 2.45) is 0 Å². The molecule has 0 aliphatic heterocycles. The van der Waals surface area contributed by atoms with Crippen molar-refractivity contribution in [1.29, 1.82) is 0 Å². The predicted octanol–water partition coefficient (Wildman–Crippen LogP) is 8.07. The predicted molar refractivity (Wildman–Crippen MR) is 176 cm³/mol. The lowest BCUT2D eigenvalue weighted by Gasteiger charge is -2.21. The molecular formula is C32H31Cl3O6S3. The summed E-state index contributed by atoms with van der Waals surface area (Å²) >= 11 is 6.28. The Labute approximate surface area is 275 Å². The van der Waals surface area contributed by atoms with Gasteiger partial charge in [-0.05, 0) is 109 Å². The van der Waals surface area contributed by atoms with Gasteiger partial charge in [0, 0.05) is 21.4 Å². The first-order chi connectivity index (χ1) is 20.9. The molecule has 0 spiro atoms. The number of aliphatic hydroxyl groups excluding tert-OH is 1. The van der Waals surface area contributed by atoms with Crippen molar-refractivity contribution in [2.75, 3.05) is 0 Å². The zero-order valence-electron chi connectivity index (χ0n) is 23.5. The Morgan fingerprint density at radius 3 is 1.50 bits per heavy atom.